The Bertz CT molecular complexity index is 718. The quantitative estimate of drug-likeness (QED) is 0.906. The summed E-state index contributed by atoms with van der Waals surface area (Å²) in [6.45, 7) is 3.81. The van der Waals surface area contributed by atoms with Gasteiger partial charge in [-0.2, -0.15) is 0 Å². The van der Waals surface area contributed by atoms with E-state index < -0.39 is 17.8 Å². The van der Waals surface area contributed by atoms with Crippen molar-refractivity contribution in [2.45, 2.75) is 26.3 Å². The largest absolute Gasteiger partial charge is 0.481 e. The van der Waals surface area contributed by atoms with Gasteiger partial charge in [-0.05, 0) is 26.3 Å². The first kappa shape index (κ1) is 13.7. The van der Waals surface area contributed by atoms with Gasteiger partial charge in [0.15, 0.2) is 0 Å². The number of furan rings is 1. The van der Waals surface area contributed by atoms with E-state index in [4.69, 9.17) is 9.52 Å². The standard InChI is InChI=1S/C16H17NO4/c1-8-10-5-3-4-6-13(10)21-14(8)9(2)17-15(18)11-7-12(11)16(19)20/h3-6,9,11-12H,7H2,1-2H3,(H,17,18)(H,19,20). The normalized spacial score (nSPS) is 22.0. The van der Waals surface area contributed by atoms with E-state index in [1.165, 1.54) is 0 Å². The molecule has 1 fully saturated rings. The minimum atomic E-state index is -0.900. The number of fused-ring (bicyclic) bond motifs is 1. The average molecular weight is 287 g/mol. The fourth-order valence-corrected chi connectivity index (χ4v) is 2.75. The van der Waals surface area contributed by atoms with Gasteiger partial charge in [-0.1, -0.05) is 18.2 Å². The summed E-state index contributed by atoms with van der Waals surface area (Å²) in [5, 5.41) is 12.7. The van der Waals surface area contributed by atoms with Crippen LogP contribution in [-0.2, 0) is 9.59 Å². The highest BCUT2D eigenvalue weighted by Gasteiger charge is 2.48. The van der Waals surface area contributed by atoms with Crippen LogP contribution < -0.4 is 5.32 Å². The molecule has 0 radical (unpaired) electrons. The molecule has 3 unspecified atom stereocenters. The summed E-state index contributed by atoms with van der Waals surface area (Å²) in [6.07, 6.45) is 0.424. The molecule has 1 amide bonds. The minimum Gasteiger partial charge on any atom is -0.481 e. The first-order valence-corrected chi connectivity index (χ1v) is 7.00. The molecule has 1 heterocycles. The molecular formula is C16H17NO4. The first-order valence-electron chi connectivity index (χ1n) is 7.00. The van der Waals surface area contributed by atoms with Gasteiger partial charge in [0.1, 0.15) is 11.3 Å². The van der Waals surface area contributed by atoms with Crippen LogP contribution in [0.1, 0.15) is 30.7 Å². The molecule has 110 valence electrons. The van der Waals surface area contributed by atoms with Crippen LogP contribution >= 0.6 is 0 Å². The van der Waals surface area contributed by atoms with Crippen molar-refractivity contribution in [2.24, 2.45) is 11.8 Å². The van der Waals surface area contributed by atoms with Gasteiger partial charge in [-0.25, -0.2) is 0 Å². The molecule has 1 aliphatic carbocycles. The van der Waals surface area contributed by atoms with Crippen molar-refractivity contribution in [3.05, 3.63) is 35.6 Å². The second-order valence-electron chi connectivity index (χ2n) is 5.60. The molecule has 1 aromatic heterocycles. The Morgan fingerprint density at radius 3 is 2.67 bits per heavy atom. The van der Waals surface area contributed by atoms with Gasteiger partial charge in [0.2, 0.25) is 5.91 Å². The van der Waals surface area contributed by atoms with Gasteiger partial charge < -0.3 is 14.8 Å². The summed E-state index contributed by atoms with van der Waals surface area (Å²) in [5.41, 5.74) is 1.80. The zero-order chi connectivity index (χ0) is 15.1. The van der Waals surface area contributed by atoms with E-state index in [2.05, 4.69) is 5.32 Å². The predicted molar refractivity (Wildman–Crippen MR) is 76.7 cm³/mol. The molecule has 1 saturated carbocycles. The van der Waals surface area contributed by atoms with Crippen molar-refractivity contribution in [3.8, 4) is 0 Å². The Labute approximate surface area is 121 Å². The lowest BCUT2D eigenvalue weighted by molar-refractivity contribution is -0.140. The Balaban J connectivity index is 1.75. The number of aryl methyl sites for hydroxylation is 1. The van der Waals surface area contributed by atoms with Crippen LogP contribution in [-0.4, -0.2) is 17.0 Å². The maximum atomic E-state index is 12.0. The van der Waals surface area contributed by atoms with Gasteiger partial charge in [0.25, 0.3) is 0 Å². The molecule has 0 aliphatic heterocycles. The van der Waals surface area contributed by atoms with E-state index in [1.54, 1.807) is 0 Å². The number of carboxylic acid groups (broad SMARTS) is 1. The Morgan fingerprint density at radius 1 is 1.33 bits per heavy atom. The number of amides is 1. The van der Waals surface area contributed by atoms with E-state index in [-0.39, 0.29) is 11.9 Å². The summed E-state index contributed by atoms with van der Waals surface area (Å²) < 4.78 is 5.80. The molecule has 2 N–H and O–H groups in total. The first-order chi connectivity index (χ1) is 9.99. The van der Waals surface area contributed by atoms with Gasteiger partial charge in [-0.3, -0.25) is 9.59 Å². The molecule has 0 spiro atoms. The van der Waals surface area contributed by atoms with E-state index in [1.807, 2.05) is 38.1 Å². The molecule has 21 heavy (non-hydrogen) atoms. The zero-order valence-electron chi connectivity index (χ0n) is 11.9. The molecular weight excluding hydrogens is 270 g/mol. The lowest BCUT2D eigenvalue weighted by atomic mass is 10.1. The van der Waals surface area contributed by atoms with Crippen LogP contribution in [0.5, 0.6) is 0 Å². The summed E-state index contributed by atoms with van der Waals surface area (Å²) in [6, 6.07) is 7.44. The second-order valence-corrected chi connectivity index (χ2v) is 5.60. The van der Waals surface area contributed by atoms with Crippen LogP contribution in [0.3, 0.4) is 0 Å². The highest BCUT2D eigenvalue weighted by atomic mass is 16.4. The van der Waals surface area contributed by atoms with E-state index in [9.17, 15) is 9.59 Å². The SMILES string of the molecule is Cc1c(C(C)NC(=O)C2CC2C(=O)O)oc2ccccc12. The number of carbonyl (C=O) groups excluding carboxylic acids is 1. The molecule has 0 saturated heterocycles. The summed E-state index contributed by atoms with van der Waals surface area (Å²) in [4.78, 5) is 22.8. The number of hydrogen-bond donors (Lipinski definition) is 2. The van der Waals surface area contributed by atoms with Crippen LogP contribution in [0, 0.1) is 18.8 Å². The molecule has 0 bridgehead atoms. The number of nitrogens with one attached hydrogen (secondary N) is 1. The molecule has 2 aromatic rings. The monoisotopic (exact) mass is 287 g/mol. The Hall–Kier alpha value is -2.30. The van der Waals surface area contributed by atoms with Crippen LogP contribution in [0.15, 0.2) is 28.7 Å². The lowest BCUT2D eigenvalue weighted by Gasteiger charge is -2.12. The van der Waals surface area contributed by atoms with Crippen molar-refractivity contribution in [1.29, 1.82) is 0 Å². The topological polar surface area (TPSA) is 79.5 Å². The third-order valence-electron chi connectivity index (χ3n) is 4.08. The van der Waals surface area contributed by atoms with Gasteiger partial charge in [0.05, 0.1) is 17.9 Å². The van der Waals surface area contributed by atoms with Crippen LogP contribution in [0.2, 0.25) is 0 Å². The summed E-state index contributed by atoms with van der Waals surface area (Å²) >= 11 is 0. The maximum Gasteiger partial charge on any atom is 0.307 e. The summed E-state index contributed by atoms with van der Waals surface area (Å²) in [7, 11) is 0. The molecule has 3 rings (SSSR count). The van der Waals surface area contributed by atoms with E-state index in [0.29, 0.717) is 6.42 Å². The molecule has 1 aliphatic rings. The van der Waals surface area contributed by atoms with E-state index >= 15 is 0 Å². The summed E-state index contributed by atoms with van der Waals surface area (Å²) in [5.74, 6) is -1.34. The Morgan fingerprint density at radius 2 is 2.05 bits per heavy atom. The number of hydrogen-bond acceptors (Lipinski definition) is 3. The van der Waals surface area contributed by atoms with Crippen molar-refractivity contribution in [2.75, 3.05) is 0 Å². The lowest BCUT2D eigenvalue weighted by Crippen LogP contribution is -2.29. The van der Waals surface area contributed by atoms with Crippen molar-refractivity contribution in [1.82, 2.24) is 5.32 Å². The van der Waals surface area contributed by atoms with Gasteiger partial charge in [-0.15, -0.1) is 0 Å². The van der Waals surface area contributed by atoms with Gasteiger partial charge in [0, 0.05) is 10.9 Å². The molecule has 5 nitrogen and oxygen atoms in total. The Kier molecular flexibility index (Phi) is 3.20. The third-order valence-corrected chi connectivity index (χ3v) is 4.08. The minimum absolute atomic E-state index is 0.213. The number of rotatable bonds is 4. The fraction of sp³-hybridized carbons (Fsp3) is 0.375. The number of para-hydroxylation sites is 1. The highest BCUT2D eigenvalue weighted by Crippen LogP contribution is 2.39. The van der Waals surface area contributed by atoms with E-state index in [0.717, 1.165) is 22.3 Å². The highest BCUT2D eigenvalue weighted by molar-refractivity contribution is 5.90. The third kappa shape index (κ3) is 2.39. The predicted octanol–water partition coefficient (Wildman–Crippen LogP) is 2.64. The second kappa shape index (κ2) is 4.91. The van der Waals surface area contributed by atoms with Crippen molar-refractivity contribution < 1.29 is 19.1 Å². The van der Waals surface area contributed by atoms with Crippen LogP contribution in [0.4, 0.5) is 0 Å². The average Bonchev–Trinajstić information content (AvgIpc) is 3.19. The van der Waals surface area contributed by atoms with Crippen LogP contribution in [0.25, 0.3) is 11.0 Å². The molecule has 5 heteroatoms. The number of carbonyl (C=O) groups is 2. The molecule has 3 atom stereocenters. The fourth-order valence-electron chi connectivity index (χ4n) is 2.75. The smallest absolute Gasteiger partial charge is 0.307 e. The number of aliphatic carboxylic acids is 1. The van der Waals surface area contributed by atoms with Gasteiger partial charge >= 0.3 is 5.97 Å². The molecule has 1 aromatic carbocycles. The maximum absolute atomic E-state index is 12.0. The van der Waals surface area contributed by atoms with Crippen molar-refractivity contribution in [3.63, 3.8) is 0 Å². The van der Waals surface area contributed by atoms with Crippen molar-refractivity contribution >= 4 is 22.8 Å². The zero-order valence-corrected chi connectivity index (χ0v) is 11.9. The number of carboxylic acids is 1. The number of benzene rings is 1.